The molecule has 0 aromatic carbocycles. The van der Waals surface area contributed by atoms with Crippen LogP contribution in [-0.2, 0) is 4.79 Å². The summed E-state index contributed by atoms with van der Waals surface area (Å²) in [6.07, 6.45) is 25.0. The van der Waals surface area contributed by atoms with E-state index in [2.05, 4.69) is 36.5 Å². The third-order valence-electron chi connectivity index (χ3n) is 4.02. The molecule has 0 rings (SSSR count). The van der Waals surface area contributed by atoms with E-state index >= 15 is 0 Å². The lowest BCUT2D eigenvalue weighted by atomic mass is 10.1. The van der Waals surface area contributed by atoms with Crippen LogP contribution in [0.15, 0.2) is 24.3 Å². The highest BCUT2D eigenvalue weighted by Crippen LogP contribution is 2.07. The zero-order valence-corrected chi connectivity index (χ0v) is 15.6. The summed E-state index contributed by atoms with van der Waals surface area (Å²) in [5.74, 6) is 0.174. The minimum absolute atomic E-state index is 0.174. The summed E-state index contributed by atoms with van der Waals surface area (Å²) in [6, 6.07) is 0. The van der Waals surface area contributed by atoms with E-state index in [1.54, 1.807) is 0 Å². The van der Waals surface area contributed by atoms with Crippen LogP contribution in [0.25, 0.3) is 0 Å². The monoisotopic (exact) mass is 321 g/mol. The number of hydrogen-bond acceptors (Lipinski definition) is 1. The van der Waals surface area contributed by atoms with Gasteiger partial charge in [0.2, 0.25) is 5.91 Å². The Labute approximate surface area is 144 Å². The zero-order valence-electron chi connectivity index (χ0n) is 15.6. The molecule has 0 saturated carbocycles. The number of carbonyl (C=O) groups excluding carboxylic acids is 1. The number of nitrogens with one attached hydrogen (secondary N) is 1. The number of carbonyl (C=O) groups is 1. The fourth-order valence-electron chi connectivity index (χ4n) is 2.47. The predicted molar refractivity (Wildman–Crippen MR) is 103 cm³/mol. The van der Waals surface area contributed by atoms with Gasteiger partial charge in [0.05, 0.1) is 0 Å². The van der Waals surface area contributed by atoms with E-state index in [9.17, 15) is 4.79 Å². The highest BCUT2D eigenvalue weighted by atomic mass is 16.1. The molecule has 0 atom stereocenters. The Morgan fingerprint density at radius 2 is 1.30 bits per heavy atom. The topological polar surface area (TPSA) is 29.1 Å². The van der Waals surface area contributed by atoms with Crippen molar-refractivity contribution in [2.75, 3.05) is 6.54 Å². The van der Waals surface area contributed by atoms with Gasteiger partial charge in [0.25, 0.3) is 0 Å². The van der Waals surface area contributed by atoms with Crippen molar-refractivity contribution in [2.24, 2.45) is 0 Å². The van der Waals surface area contributed by atoms with Gasteiger partial charge in [0, 0.05) is 13.0 Å². The largest absolute Gasteiger partial charge is 0.356 e. The van der Waals surface area contributed by atoms with Gasteiger partial charge in [-0.05, 0) is 38.5 Å². The van der Waals surface area contributed by atoms with E-state index in [0.29, 0.717) is 6.42 Å². The molecule has 2 nitrogen and oxygen atoms in total. The van der Waals surface area contributed by atoms with Crippen molar-refractivity contribution in [3.8, 4) is 0 Å². The van der Waals surface area contributed by atoms with Crippen molar-refractivity contribution >= 4 is 5.91 Å². The van der Waals surface area contributed by atoms with Crippen molar-refractivity contribution < 1.29 is 4.79 Å². The molecule has 0 spiro atoms. The molecule has 0 aromatic rings. The smallest absolute Gasteiger partial charge is 0.219 e. The molecule has 1 amide bonds. The van der Waals surface area contributed by atoms with Crippen LogP contribution < -0.4 is 5.32 Å². The SMILES string of the molecule is CCCCC/C=C\C/C=C\CCCCCCCCNC(=O)CC. The third-order valence-corrected chi connectivity index (χ3v) is 4.02. The average molecular weight is 322 g/mol. The lowest BCUT2D eigenvalue weighted by molar-refractivity contribution is -0.120. The van der Waals surface area contributed by atoms with E-state index in [1.165, 1.54) is 64.2 Å². The van der Waals surface area contributed by atoms with Crippen LogP contribution in [0.3, 0.4) is 0 Å². The Hall–Kier alpha value is -1.05. The van der Waals surface area contributed by atoms with E-state index in [0.717, 1.165) is 19.4 Å². The molecule has 23 heavy (non-hydrogen) atoms. The Balaban J connectivity index is 3.17. The maximum atomic E-state index is 11.1. The summed E-state index contributed by atoms with van der Waals surface area (Å²) in [5, 5.41) is 2.93. The van der Waals surface area contributed by atoms with Crippen LogP contribution in [0.4, 0.5) is 0 Å². The van der Waals surface area contributed by atoms with Gasteiger partial charge in [-0.3, -0.25) is 4.79 Å². The summed E-state index contributed by atoms with van der Waals surface area (Å²) >= 11 is 0. The minimum atomic E-state index is 0.174. The number of amides is 1. The van der Waals surface area contributed by atoms with Gasteiger partial charge >= 0.3 is 0 Å². The molecule has 134 valence electrons. The molecule has 0 saturated heterocycles. The molecule has 0 unspecified atom stereocenters. The summed E-state index contributed by atoms with van der Waals surface area (Å²) in [6.45, 7) is 4.99. The van der Waals surface area contributed by atoms with Crippen LogP contribution >= 0.6 is 0 Å². The standard InChI is InChI=1S/C21H39NO/c1-3-5-6-7-8-9-10-11-12-13-14-15-16-17-18-19-20-22-21(23)4-2/h8-9,11-12H,3-7,10,13-20H2,1-2H3,(H,22,23)/b9-8-,12-11-. The summed E-state index contributed by atoms with van der Waals surface area (Å²) < 4.78 is 0. The molecular formula is C21H39NO. The molecule has 1 N–H and O–H groups in total. The fourth-order valence-corrected chi connectivity index (χ4v) is 2.47. The number of rotatable bonds is 16. The van der Waals surface area contributed by atoms with Crippen LogP contribution in [-0.4, -0.2) is 12.5 Å². The Morgan fingerprint density at radius 3 is 1.91 bits per heavy atom. The van der Waals surface area contributed by atoms with Gasteiger partial charge in [0.1, 0.15) is 0 Å². The molecular weight excluding hydrogens is 282 g/mol. The Kier molecular flexibility index (Phi) is 18.1. The van der Waals surface area contributed by atoms with Gasteiger partial charge in [-0.1, -0.05) is 76.7 Å². The van der Waals surface area contributed by atoms with Gasteiger partial charge in [0.15, 0.2) is 0 Å². The van der Waals surface area contributed by atoms with Crippen molar-refractivity contribution in [3.05, 3.63) is 24.3 Å². The summed E-state index contributed by atoms with van der Waals surface area (Å²) in [7, 11) is 0. The lowest BCUT2D eigenvalue weighted by Crippen LogP contribution is -2.23. The Bertz CT molecular complexity index is 307. The minimum Gasteiger partial charge on any atom is -0.356 e. The van der Waals surface area contributed by atoms with E-state index in [-0.39, 0.29) is 5.91 Å². The quantitative estimate of drug-likeness (QED) is 0.261. The van der Waals surface area contributed by atoms with Crippen molar-refractivity contribution in [3.63, 3.8) is 0 Å². The fraction of sp³-hybridized carbons (Fsp3) is 0.762. The molecule has 0 aliphatic rings. The van der Waals surface area contributed by atoms with Crippen LogP contribution in [0.5, 0.6) is 0 Å². The van der Waals surface area contributed by atoms with E-state index in [4.69, 9.17) is 0 Å². The first-order valence-corrected chi connectivity index (χ1v) is 9.88. The Morgan fingerprint density at radius 1 is 0.739 bits per heavy atom. The predicted octanol–water partition coefficient (Wildman–Crippen LogP) is 6.33. The normalized spacial score (nSPS) is 11.6. The van der Waals surface area contributed by atoms with Crippen LogP contribution in [0.1, 0.15) is 97.3 Å². The summed E-state index contributed by atoms with van der Waals surface area (Å²) in [4.78, 5) is 11.1. The average Bonchev–Trinajstić information content (AvgIpc) is 2.57. The van der Waals surface area contributed by atoms with Gasteiger partial charge in [-0.15, -0.1) is 0 Å². The molecule has 0 heterocycles. The van der Waals surface area contributed by atoms with Crippen LogP contribution in [0.2, 0.25) is 0 Å². The number of hydrogen-bond donors (Lipinski definition) is 1. The second-order valence-electron chi connectivity index (χ2n) is 6.29. The lowest BCUT2D eigenvalue weighted by Gasteiger charge is -2.03. The van der Waals surface area contributed by atoms with Crippen LogP contribution in [0, 0.1) is 0 Å². The maximum Gasteiger partial charge on any atom is 0.219 e. The highest BCUT2D eigenvalue weighted by Gasteiger charge is 1.95. The first-order chi connectivity index (χ1) is 11.3. The van der Waals surface area contributed by atoms with Crippen molar-refractivity contribution in [1.82, 2.24) is 5.32 Å². The molecule has 0 bridgehead atoms. The molecule has 0 fully saturated rings. The highest BCUT2D eigenvalue weighted by molar-refractivity contribution is 5.75. The first-order valence-electron chi connectivity index (χ1n) is 9.88. The zero-order chi connectivity index (χ0) is 17.0. The molecule has 0 aliphatic heterocycles. The third kappa shape index (κ3) is 18.9. The van der Waals surface area contributed by atoms with Gasteiger partial charge < -0.3 is 5.32 Å². The van der Waals surface area contributed by atoms with Gasteiger partial charge in [-0.2, -0.15) is 0 Å². The number of unbranched alkanes of at least 4 members (excludes halogenated alkanes) is 9. The summed E-state index contributed by atoms with van der Waals surface area (Å²) in [5.41, 5.74) is 0. The molecule has 0 aliphatic carbocycles. The van der Waals surface area contributed by atoms with E-state index in [1.807, 2.05) is 6.92 Å². The number of allylic oxidation sites excluding steroid dienone is 4. The second kappa shape index (κ2) is 19.0. The molecule has 0 radical (unpaired) electrons. The second-order valence-corrected chi connectivity index (χ2v) is 6.29. The maximum absolute atomic E-state index is 11.1. The van der Waals surface area contributed by atoms with Crippen molar-refractivity contribution in [2.45, 2.75) is 97.3 Å². The van der Waals surface area contributed by atoms with E-state index < -0.39 is 0 Å². The molecule has 0 aromatic heterocycles. The molecule has 2 heteroatoms. The van der Waals surface area contributed by atoms with Crippen molar-refractivity contribution in [1.29, 1.82) is 0 Å². The van der Waals surface area contributed by atoms with Gasteiger partial charge in [-0.25, -0.2) is 0 Å². The first kappa shape index (κ1) is 21.9.